The first-order chi connectivity index (χ1) is 9.63. The molecule has 0 spiro atoms. The van der Waals surface area contributed by atoms with Crippen molar-refractivity contribution in [3.63, 3.8) is 0 Å². The minimum Gasteiger partial charge on any atom is -0.448 e. The first-order valence-electron chi connectivity index (χ1n) is 6.25. The molecule has 2 N–H and O–H groups in total. The Labute approximate surface area is 114 Å². The van der Waals surface area contributed by atoms with Gasteiger partial charge in [0.25, 0.3) is 0 Å². The topological polar surface area (TPSA) is 65.6 Å². The number of rotatable bonds is 2. The first kappa shape index (κ1) is 12.7. The minimum absolute atomic E-state index is 0.273. The van der Waals surface area contributed by atoms with Crippen LogP contribution in [0.25, 0.3) is 16.5 Å². The van der Waals surface area contributed by atoms with E-state index in [2.05, 4.69) is 9.82 Å². The van der Waals surface area contributed by atoms with Gasteiger partial charge in [0.2, 0.25) is 0 Å². The van der Waals surface area contributed by atoms with E-state index in [0.29, 0.717) is 19.5 Å². The third-order valence-corrected chi connectivity index (χ3v) is 3.37. The van der Waals surface area contributed by atoms with Gasteiger partial charge in [-0.15, -0.1) is 5.06 Å². The molecule has 0 bridgehead atoms. The molecule has 0 unspecified atom stereocenters. The molecule has 2 aromatic rings. The van der Waals surface area contributed by atoms with Crippen LogP contribution in [0, 0.1) is 5.82 Å². The van der Waals surface area contributed by atoms with Gasteiger partial charge in [-0.1, -0.05) is 6.08 Å². The van der Waals surface area contributed by atoms with Crippen LogP contribution in [0.2, 0.25) is 0 Å². The predicted molar refractivity (Wildman–Crippen MR) is 71.5 cm³/mol. The number of aromatic amines is 1. The predicted octanol–water partition coefficient (Wildman–Crippen LogP) is 3.01. The molecule has 2 heterocycles. The maximum atomic E-state index is 13.3. The molecule has 0 aliphatic carbocycles. The molecule has 1 aromatic carbocycles. The lowest BCUT2D eigenvalue weighted by atomic mass is 9.99. The number of hydroxylamine groups is 2. The molecule has 5 nitrogen and oxygen atoms in total. The summed E-state index contributed by atoms with van der Waals surface area (Å²) in [4.78, 5) is 18.2. The van der Waals surface area contributed by atoms with Crippen molar-refractivity contribution in [2.75, 3.05) is 13.1 Å². The molecule has 104 valence electrons. The second kappa shape index (κ2) is 4.97. The normalized spacial score (nSPS) is 16.1. The first-order valence-corrected chi connectivity index (χ1v) is 6.25. The van der Waals surface area contributed by atoms with Gasteiger partial charge in [0.15, 0.2) is 0 Å². The monoisotopic (exact) mass is 276 g/mol. The van der Waals surface area contributed by atoms with Crippen LogP contribution in [0.3, 0.4) is 0 Å². The van der Waals surface area contributed by atoms with Crippen molar-refractivity contribution in [1.29, 1.82) is 0 Å². The van der Waals surface area contributed by atoms with E-state index < -0.39 is 6.16 Å². The van der Waals surface area contributed by atoms with Crippen LogP contribution in [0.5, 0.6) is 0 Å². The van der Waals surface area contributed by atoms with Gasteiger partial charge in [0.05, 0.1) is 6.54 Å². The van der Waals surface area contributed by atoms with Crippen molar-refractivity contribution in [1.82, 2.24) is 10.0 Å². The number of hydrogen-bond acceptors (Lipinski definition) is 3. The molecule has 0 amide bonds. The Morgan fingerprint density at radius 3 is 3.00 bits per heavy atom. The largest absolute Gasteiger partial charge is 0.525 e. The molecule has 0 atom stereocenters. The summed E-state index contributed by atoms with van der Waals surface area (Å²) in [6.07, 6.45) is 3.09. The van der Waals surface area contributed by atoms with Gasteiger partial charge in [-0.05, 0) is 30.2 Å². The third kappa shape index (κ3) is 2.37. The average molecular weight is 276 g/mol. The van der Waals surface area contributed by atoms with Crippen LogP contribution in [-0.2, 0) is 4.84 Å². The number of nitrogens with one attached hydrogen (secondary N) is 1. The Morgan fingerprint density at radius 1 is 1.45 bits per heavy atom. The van der Waals surface area contributed by atoms with E-state index in [1.807, 2.05) is 12.3 Å². The van der Waals surface area contributed by atoms with Crippen molar-refractivity contribution < 1.29 is 19.1 Å². The molecule has 0 radical (unpaired) electrons. The molecule has 20 heavy (non-hydrogen) atoms. The third-order valence-electron chi connectivity index (χ3n) is 3.37. The highest BCUT2D eigenvalue weighted by atomic mass is 19.1. The van der Waals surface area contributed by atoms with E-state index in [-0.39, 0.29) is 5.82 Å². The number of benzene rings is 1. The molecular formula is C14H13FN2O3. The summed E-state index contributed by atoms with van der Waals surface area (Å²) in [5.74, 6) is -0.273. The van der Waals surface area contributed by atoms with Crippen LogP contribution in [0.1, 0.15) is 12.0 Å². The molecule has 0 saturated carbocycles. The van der Waals surface area contributed by atoms with E-state index in [4.69, 9.17) is 5.11 Å². The maximum absolute atomic E-state index is 13.3. The van der Waals surface area contributed by atoms with Gasteiger partial charge in [-0.3, -0.25) is 0 Å². The summed E-state index contributed by atoms with van der Waals surface area (Å²) in [5.41, 5.74) is 2.90. The lowest BCUT2D eigenvalue weighted by Gasteiger charge is -2.23. The fraction of sp³-hybridized carbons (Fsp3) is 0.214. The van der Waals surface area contributed by atoms with Gasteiger partial charge < -0.3 is 14.9 Å². The number of H-pyrrole nitrogens is 1. The summed E-state index contributed by atoms with van der Waals surface area (Å²) in [6, 6.07) is 4.62. The maximum Gasteiger partial charge on any atom is 0.525 e. The summed E-state index contributed by atoms with van der Waals surface area (Å²) in [6.45, 7) is 0.879. The Balaban J connectivity index is 1.87. The fourth-order valence-electron chi connectivity index (χ4n) is 2.45. The van der Waals surface area contributed by atoms with Crippen molar-refractivity contribution in [2.24, 2.45) is 0 Å². The smallest absolute Gasteiger partial charge is 0.448 e. The number of fused-ring (bicyclic) bond motifs is 1. The van der Waals surface area contributed by atoms with Crippen LogP contribution < -0.4 is 0 Å². The van der Waals surface area contributed by atoms with Crippen LogP contribution in [0.15, 0.2) is 30.5 Å². The Bertz CT molecular complexity index is 693. The Morgan fingerprint density at radius 2 is 2.30 bits per heavy atom. The summed E-state index contributed by atoms with van der Waals surface area (Å²) in [7, 11) is 0. The van der Waals surface area contributed by atoms with E-state index >= 15 is 0 Å². The van der Waals surface area contributed by atoms with E-state index in [9.17, 15) is 9.18 Å². The lowest BCUT2D eigenvalue weighted by Crippen LogP contribution is -2.30. The molecular weight excluding hydrogens is 263 g/mol. The van der Waals surface area contributed by atoms with Gasteiger partial charge in [-0.25, -0.2) is 9.18 Å². The zero-order valence-corrected chi connectivity index (χ0v) is 10.6. The molecule has 3 rings (SSSR count). The van der Waals surface area contributed by atoms with Crippen LogP contribution in [0.4, 0.5) is 9.18 Å². The van der Waals surface area contributed by atoms with Crippen molar-refractivity contribution in [3.8, 4) is 0 Å². The summed E-state index contributed by atoms with van der Waals surface area (Å²) < 4.78 is 13.3. The molecule has 1 aromatic heterocycles. The summed E-state index contributed by atoms with van der Waals surface area (Å²) >= 11 is 0. The fourth-order valence-corrected chi connectivity index (χ4v) is 2.45. The van der Waals surface area contributed by atoms with Crippen molar-refractivity contribution >= 4 is 22.6 Å². The minimum atomic E-state index is -1.31. The van der Waals surface area contributed by atoms with Crippen molar-refractivity contribution in [2.45, 2.75) is 6.42 Å². The molecule has 1 aliphatic rings. The zero-order chi connectivity index (χ0) is 14.1. The highest BCUT2D eigenvalue weighted by molar-refractivity contribution is 5.92. The van der Waals surface area contributed by atoms with E-state index in [0.717, 1.165) is 22.0 Å². The van der Waals surface area contributed by atoms with Crippen LogP contribution >= 0.6 is 0 Å². The summed E-state index contributed by atoms with van der Waals surface area (Å²) in [5, 5.41) is 10.8. The highest BCUT2D eigenvalue weighted by Gasteiger charge is 2.18. The van der Waals surface area contributed by atoms with Crippen molar-refractivity contribution in [3.05, 3.63) is 41.9 Å². The van der Waals surface area contributed by atoms with E-state index in [1.165, 1.54) is 17.2 Å². The van der Waals surface area contributed by atoms with Gasteiger partial charge in [0, 0.05) is 29.2 Å². The number of carbonyl (C=O) groups is 1. The Hall–Kier alpha value is -2.34. The second-order valence-electron chi connectivity index (χ2n) is 4.62. The number of carboxylic acid groups (broad SMARTS) is 1. The van der Waals surface area contributed by atoms with Gasteiger partial charge in [0.1, 0.15) is 5.82 Å². The number of aromatic nitrogens is 1. The SMILES string of the molecule is O=C(O)ON1CC=C(c2c[nH]c3ccc(F)cc23)CC1. The van der Waals surface area contributed by atoms with Gasteiger partial charge >= 0.3 is 6.16 Å². The molecule has 6 heteroatoms. The number of nitrogens with zero attached hydrogens (tertiary/aromatic N) is 1. The standard InChI is InChI=1S/C14H13FN2O3/c15-10-1-2-13-11(7-10)12(8-16-13)9-3-5-17(6-4-9)20-14(18)19/h1-3,7-8,16H,4-6H2,(H,18,19). The lowest BCUT2D eigenvalue weighted by molar-refractivity contribution is -0.112. The zero-order valence-electron chi connectivity index (χ0n) is 10.6. The molecule has 0 fully saturated rings. The molecule has 1 aliphatic heterocycles. The van der Waals surface area contributed by atoms with E-state index in [1.54, 1.807) is 6.07 Å². The quantitative estimate of drug-likeness (QED) is 0.885. The highest BCUT2D eigenvalue weighted by Crippen LogP contribution is 2.29. The number of halogens is 1. The average Bonchev–Trinajstić information content (AvgIpc) is 2.82. The second-order valence-corrected chi connectivity index (χ2v) is 4.62. The number of hydrogen-bond donors (Lipinski definition) is 2. The van der Waals surface area contributed by atoms with Crippen LogP contribution in [-0.4, -0.2) is 34.4 Å². The molecule has 0 saturated heterocycles. The van der Waals surface area contributed by atoms with Gasteiger partial charge in [-0.2, -0.15) is 0 Å². The Kier molecular flexibility index (Phi) is 3.15.